The van der Waals surface area contributed by atoms with E-state index in [2.05, 4.69) is 21.2 Å². The van der Waals surface area contributed by atoms with Gasteiger partial charge >= 0.3 is 6.18 Å². The largest absolute Gasteiger partial charge is 0.423 e. The van der Waals surface area contributed by atoms with Crippen molar-refractivity contribution in [2.45, 2.75) is 62.4 Å². The molecule has 2 saturated heterocycles. The summed E-state index contributed by atoms with van der Waals surface area (Å²) in [7, 11) is 0. The molecule has 0 bridgehead atoms. The van der Waals surface area contributed by atoms with E-state index >= 15 is 0 Å². The molecular formula is C28H28F3N5O. The van der Waals surface area contributed by atoms with Crippen molar-refractivity contribution in [1.82, 2.24) is 10.3 Å². The Morgan fingerprint density at radius 3 is 2.57 bits per heavy atom. The number of oxazole rings is 1. The maximum atomic E-state index is 13.0. The summed E-state index contributed by atoms with van der Waals surface area (Å²) in [5, 5.41) is 13.1. The number of nitriles is 1. The van der Waals surface area contributed by atoms with Crippen LogP contribution < -0.4 is 15.1 Å². The van der Waals surface area contributed by atoms with Crippen LogP contribution in [0.1, 0.15) is 43.2 Å². The van der Waals surface area contributed by atoms with Crippen LogP contribution in [0.4, 0.5) is 24.9 Å². The number of nitrogens with one attached hydrogen (secondary N) is 1. The highest BCUT2D eigenvalue weighted by Gasteiger charge is 2.47. The number of rotatable bonds is 3. The molecule has 1 aromatic heterocycles. The zero-order valence-electron chi connectivity index (χ0n) is 20.3. The number of piperazine rings is 1. The quantitative estimate of drug-likeness (QED) is 0.498. The number of halogens is 3. The van der Waals surface area contributed by atoms with E-state index in [1.54, 1.807) is 30.5 Å². The van der Waals surface area contributed by atoms with Crippen LogP contribution in [0.5, 0.6) is 0 Å². The van der Waals surface area contributed by atoms with E-state index in [4.69, 9.17) is 9.40 Å². The molecule has 6 nitrogen and oxygen atoms in total. The van der Waals surface area contributed by atoms with Crippen molar-refractivity contribution in [3.8, 4) is 17.4 Å². The molecular weight excluding hydrogens is 479 g/mol. The fourth-order valence-electron chi connectivity index (χ4n) is 6.24. The molecule has 0 amide bonds. The first-order valence-electron chi connectivity index (χ1n) is 12.8. The second-order valence-electron chi connectivity index (χ2n) is 10.2. The van der Waals surface area contributed by atoms with Gasteiger partial charge in [-0.25, -0.2) is 4.98 Å². The Bertz CT molecular complexity index is 1300. The SMILES string of the molecule is N#Cc1cccc(-c2cnc(N3C4CCCCC4NC4CN(c5ccc(C(F)(F)F)cc5)CCC43)o2)c1. The summed E-state index contributed by atoms with van der Waals surface area (Å²) in [5.41, 5.74) is 1.57. The van der Waals surface area contributed by atoms with Gasteiger partial charge in [0.05, 0.1) is 29.4 Å². The average molecular weight is 508 g/mol. The summed E-state index contributed by atoms with van der Waals surface area (Å²) in [6.45, 7) is 1.44. The van der Waals surface area contributed by atoms with Gasteiger partial charge in [0.15, 0.2) is 5.76 Å². The molecule has 4 unspecified atom stereocenters. The molecule has 1 saturated carbocycles. The minimum absolute atomic E-state index is 0.132. The Kier molecular flexibility index (Phi) is 6.07. The standard InChI is InChI=1S/C28H28F3N5O/c29-28(30,31)20-8-10-21(11-9-20)35-13-12-25-23(17-35)34-22-6-1-2-7-24(22)36(25)27-33-16-26(37-27)19-5-3-4-18(14-19)15-32/h3-5,8-11,14,16,22-25,34H,1-2,6-7,12-13,17H2. The maximum Gasteiger partial charge on any atom is 0.416 e. The molecule has 3 heterocycles. The highest BCUT2D eigenvalue weighted by atomic mass is 19.4. The third-order valence-corrected chi connectivity index (χ3v) is 8.00. The lowest BCUT2D eigenvalue weighted by atomic mass is 9.82. The lowest BCUT2D eigenvalue weighted by Gasteiger charge is -2.55. The highest BCUT2D eigenvalue weighted by molar-refractivity contribution is 5.60. The Hall–Kier alpha value is -3.51. The third-order valence-electron chi connectivity index (χ3n) is 8.00. The molecule has 3 aliphatic rings. The molecule has 4 atom stereocenters. The van der Waals surface area contributed by atoms with Gasteiger partial charge in [0, 0.05) is 42.5 Å². The number of nitrogens with zero attached hydrogens (tertiary/aromatic N) is 4. The van der Waals surface area contributed by atoms with E-state index in [-0.39, 0.29) is 18.1 Å². The van der Waals surface area contributed by atoms with Crippen molar-refractivity contribution in [2.24, 2.45) is 0 Å². The van der Waals surface area contributed by atoms with Gasteiger partial charge in [-0.15, -0.1) is 0 Å². The molecule has 0 spiro atoms. The first-order valence-corrected chi connectivity index (χ1v) is 12.8. The molecule has 9 heteroatoms. The van der Waals surface area contributed by atoms with Gasteiger partial charge in [0.25, 0.3) is 6.01 Å². The van der Waals surface area contributed by atoms with E-state index in [1.807, 2.05) is 12.1 Å². The van der Waals surface area contributed by atoms with Crippen LogP contribution in [0.3, 0.4) is 0 Å². The molecule has 3 aromatic rings. The smallest absolute Gasteiger partial charge is 0.416 e. The van der Waals surface area contributed by atoms with Crippen LogP contribution in [-0.4, -0.2) is 42.2 Å². The van der Waals surface area contributed by atoms with E-state index in [1.165, 1.54) is 6.42 Å². The number of anilines is 2. The molecule has 6 rings (SSSR count). The predicted octanol–water partition coefficient (Wildman–Crippen LogP) is 5.60. The van der Waals surface area contributed by atoms with Gasteiger partial charge in [-0.05, 0) is 55.7 Å². The van der Waals surface area contributed by atoms with Gasteiger partial charge in [-0.1, -0.05) is 25.0 Å². The van der Waals surface area contributed by atoms with E-state index in [9.17, 15) is 18.4 Å². The topological polar surface area (TPSA) is 68.3 Å². The van der Waals surface area contributed by atoms with Gasteiger partial charge in [-0.2, -0.15) is 18.4 Å². The van der Waals surface area contributed by atoms with E-state index in [0.29, 0.717) is 29.9 Å². The Balaban J connectivity index is 1.26. The minimum atomic E-state index is -4.34. The fourth-order valence-corrected chi connectivity index (χ4v) is 6.24. The summed E-state index contributed by atoms with van der Waals surface area (Å²) in [4.78, 5) is 9.23. The Morgan fingerprint density at radius 2 is 1.78 bits per heavy atom. The lowest BCUT2D eigenvalue weighted by molar-refractivity contribution is -0.137. The zero-order valence-corrected chi connectivity index (χ0v) is 20.3. The van der Waals surface area contributed by atoms with Crippen molar-refractivity contribution in [1.29, 1.82) is 5.26 Å². The van der Waals surface area contributed by atoms with Crippen LogP contribution in [0.25, 0.3) is 11.3 Å². The first-order chi connectivity index (χ1) is 17.9. The fraction of sp³-hybridized carbons (Fsp3) is 0.429. The van der Waals surface area contributed by atoms with Crippen LogP contribution in [0.15, 0.2) is 59.1 Å². The molecule has 192 valence electrons. The van der Waals surface area contributed by atoms with Gasteiger partial charge in [0.2, 0.25) is 0 Å². The average Bonchev–Trinajstić information content (AvgIpc) is 3.41. The third kappa shape index (κ3) is 4.55. The number of piperidine rings is 1. The van der Waals surface area contributed by atoms with Crippen molar-refractivity contribution in [3.63, 3.8) is 0 Å². The Labute approximate surface area is 213 Å². The summed E-state index contributed by atoms with van der Waals surface area (Å²) >= 11 is 0. The monoisotopic (exact) mass is 507 g/mol. The summed E-state index contributed by atoms with van der Waals surface area (Å²) in [6.07, 6.45) is 2.69. The molecule has 37 heavy (non-hydrogen) atoms. The van der Waals surface area contributed by atoms with Crippen molar-refractivity contribution in [3.05, 3.63) is 65.9 Å². The number of hydrogen-bond donors (Lipinski definition) is 1. The van der Waals surface area contributed by atoms with Crippen molar-refractivity contribution < 1.29 is 17.6 Å². The predicted molar refractivity (Wildman–Crippen MR) is 134 cm³/mol. The Morgan fingerprint density at radius 1 is 1.00 bits per heavy atom. The number of aromatic nitrogens is 1. The second-order valence-corrected chi connectivity index (χ2v) is 10.2. The molecule has 1 aliphatic carbocycles. The van der Waals surface area contributed by atoms with E-state index in [0.717, 1.165) is 55.6 Å². The number of alkyl halides is 3. The van der Waals surface area contributed by atoms with Crippen LogP contribution in [-0.2, 0) is 6.18 Å². The van der Waals surface area contributed by atoms with Crippen LogP contribution in [0.2, 0.25) is 0 Å². The van der Waals surface area contributed by atoms with Gasteiger partial charge in [0.1, 0.15) is 0 Å². The molecule has 2 aromatic carbocycles. The molecule has 0 radical (unpaired) electrons. The summed E-state index contributed by atoms with van der Waals surface area (Å²) in [5.74, 6) is 0.636. The number of benzene rings is 2. The minimum Gasteiger partial charge on any atom is -0.423 e. The van der Waals surface area contributed by atoms with Gasteiger partial charge < -0.3 is 19.5 Å². The summed E-state index contributed by atoms with van der Waals surface area (Å²) < 4.78 is 45.4. The molecule has 2 aliphatic heterocycles. The number of hydrogen-bond acceptors (Lipinski definition) is 6. The van der Waals surface area contributed by atoms with E-state index < -0.39 is 11.7 Å². The maximum absolute atomic E-state index is 13.0. The lowest BCUT2D eigenvalue weighted by Crippen LogP contribution is -2.72. The highest BCUT2D eigenvalue weighted by Crippen LogP contribution is 2.39. The zero-order chi connectivity index (χ0) is 25.6. The van der Waals surface area contributed by atoms with Crippen LogP contribution in [0, 0.1) is 11.3 Å². The van der Waals surface area contributed by atoms with Crippen molar-refractivity contribution >= 4 is 11.7 Å². The molecule has 1 N–H and O–H groups in total. The summed E-state index contributed by atoms with van der Waals surface area (Å²) in [6, 6.07) is 16.4. The first kappa shape index (κ1) is 23.9. The normalized spacial score (nSPS) is 25.8. The van der Waals surface area contributed by atoms with Crippen LogP contribution >= 0.6 is 0 Å². The number of fused-ring (bicyclic) bond motifs is 2. The van der Waals surface area contributed by atoms with Crippen molar-refractivity contribution in [2.75, 3.05) is 22.9 Å². The second kappa shape index (κ2) is 9.42. The molecule has 3 fully saturated rings. The van der Waals surface area contributed by atoms with Gasteiger partial charge in [-0.3, -0.25) is 0 Å².